The molecule has 10 heteroatoms. The average molecular weight is 473 g/mol. The number of nitrogens with zero attached hydrogens (tertiary/aromatic N) is 4. The molecule has 0 radical (unpaired) electrons. The van der Waals surface area contributed by atoms with Gasteiger partial charge < -0.3 is 10.1 Å². The van der Waals surface area contributed by atoms with Gasteiger partial charge in [-0.2, -0.15) is 0 Å². The van der Waals surface area contributed by atoms with Crippen LogP contribution >= 0.6 is 0 Å². The molecular weight excluding hydrogens is 447 g/mol. The molecule has 0 aromatic carbocycles. The zero-order valence-electron chi connectivity index (χ0n) is 19.2. The number of ether oxygens (including phenoxy) is 1. The number of methoxy groups -OCH3 is 1. The van der Waals surface area contributed by atoms with E-state index in [1.165, 1.54) is 50.1 Å². The van der Waals surface area contributed by atoms with Crippen LogP contribution in [0.3, 0.4) is 0 Å². The van der Waals surface area contributed by atoms with Gasteiger partial charge in [0.2, 0.25) is 5.92 Å². The zero-order valence-corrected chi connectivity index (χ0v) is 19.2. The maximum atomic E-state index is 14.5. The number of hydrogen-bond acceptors (Lipinski definition) is 6. The number of pyridine rings is 2. The van der Waals surface area contributed by atoms with Crippen LogP contribution in [0.4, 0.5) is 18.9 Å². The Morgan fingerprint density at radius 3 is 2.50 bits per heavy atom. The number of aryl methyl sites for hydroxylation is 1. The topological polar surface area (TPSA) is 89.9 Å². The maximum absolute atomic E-state index is 14.5. The summed E-state index contributed by atoms with van der Waals surface area (Å²) < 4.78 is 47.8. The highest BCUT2D eigenvalue weighted by Gasteiger charge is 2.29. The van der Waals surface area contributed by atoms with E-state index in [1.807, 2.05) is 0 Å². The van der Waals surface area contributed by atoms with Crippen LogP contribution < -0.4 is 10.1 Å². The lowest BCUT2D eigenvalue weighted by Gasteiger charge is -2.19. The Kier molecular flexibility index (Phi) is 8.14. The molecule has 0 saturated heterocycles. The van der Waals surface area contributed by atoms with Crippen molar-refractivity contribution in [3.05, 3.63) is 60.1 Å². The SMILES string of the molecule is COc1ncc(C(=O)Nc2c(-c3ncccc3F)ccnc2CCCC(F)(F)CC(C)C)cn1. The van der Waals surface area contributed by atoms with Gasteiger partial charge >= 0.3 is 6.01 Å². The lowest BCUT2D eigenvalue weighted by molar-refractivity contribution is -0.0285. The summed E-state index contributed by atoms with van der Waals surface area (Å²) in [5.74, 6) is -4.10. The minimum atomic E-state index is -2.80. The first-order valence-electron chi connectivity index (χ1n) is 10.8. The summed E-state index contributed by atoms with van der Waals surface area (Å²) in [5, 5.41) is 2.72. The summed E-state index contributed by atoms with van der Waals surface area (Å²) in [5.41, 5.74) is 0.989. The highest BCUT2D eigenvalue weighted by molar-refractivity contribution is 6.06. The van der Waals surface area contributed by atoms with Crippen LogP contribution in [0.5, 0.6) is 6.01 Å². The van der Waals surface area contributed by atoms with Gasteiger partial charge in [-0.05, 0) is 37.0 Å². The van der Waals surface area contributed by atoms with Crippen LogP contribution in [0, 0.1) is 11.7 Å². The summed E-state index contributed by atoms with van der Waals surface area (Å²) >= 11 is 0. The quantitative estimate of drug-likeness (QED) is 0.428. The van der Waals surface area contributed by atoms with Crippen LogP contribution in [0.25, 0.3) is 11.3 Å². The molecule has 180 valence electrons. The van der Waals surface area contributed by atoms with E-state index in [0.29, 0.717) is 11.3 Å². The second-order valence-electron chi connectivity index (χ2n) is 8.23. The van der Waals surface area contributed by atoms with Gasteiger partial charge in [-0.15, -0.1) is 0 Å². The van der Waals surface area contributed by atoms with Gasteiger partial charge in [-0.25, -0.2) is 23.1 Å². The predicted molar refractivity (Wildman–Crippen MR) is 121 cm³/mol. The summed E-state index contributed by atoms with van der Waals surface area (Å²) in [6.45, 7) is 3.49. The second-order valence-corrected chi connectivity index (χ2v) is 8.23. The first-order chi connectivity index (χ1) is 16.2. The second kappa shape index (κ2) is 11.0. The van der Waals surface area contributed by atoms with E-state index >= 15 is 0 Å². The normalized spacial score (nSPS) is 11.5. The number of carbonyl (C=O) groups is 1. The van der Waals surface area contributed by atoms with Gasteiger partial charge in [0.05, 0.1) is 24.1 Å². The largest absolute Gasteiger partial charge is 0.467 e. The monoisotopic (exact) mass is 473 g/mol. The van der Waals surface area contributed by atoms with Gasteiger partial charge in [0, 0.05) is 43.2 Å². The Bertz CT molecular complexity index is 1120. The van der Waals surface area contributed by atoms with Gasteiger partial charge in [-0.1, -0.05) is 13.8 Å². The summed E-state index contributed by atoms with van der Waals surface area (Å²) in [7, 11) is 1.40. The molecule has 0 aliphatic rings. The van der Waals surface area contributed by atoms with Crippen LogP contribution in [0.15, 0.2) is 43.0 Å². The smallest absolute Gasteiger partial charge is 0.316 e. The van der Waals surface area contributed by atoms with Crippen LogP contribution in [-0.4, -0.2) is 38.9 Å². The number of amides is 1. The summed E-state index contributed by atoms with van der Waals surface area (Å²) in [4.78, 5) is 29.1. The van der Waals surface area contributed by atoms with Crippen molar-refractivity contribution in [2.75, 3.05) is 12.4 Å². The van der Waals surface area contributed by atoms with Gasteiger partial charge in [0.25, 0.3) is 5.91 Å². The van der Waals surface area contributed by atoms with E-state index in [4.69, 9.17) is 4.74 Å². The molecule has 7 nitrogen and oxygen atoms in total. The minimum absolute atomic E-state index is 0.0116. The summed E-state index contributed by atoms with van der Waals surface area (Å²) in [6.07, 6.45) is 5.19. The van der Waals surface area contributed by atoms with E-state index < -0.39 is 17.6 Å². The van der Waals surface area contributed by atoms with Crippen molar-refractivity contribution in [1.82, 2.24) is 19.9 Å². The number of hydrogen-bond donors (Lipinski definition) is 1. The first-order valence-corrected chi connectivity index (χ1v) is 10.8. The van der Waals surface area contributed by atoms with Crippen molar-refractivity contribution in [2.45, 2.75) is 45.5 Å². The Morgan fingerprint density at radius 1 is 1.12 bits per heavy atom. The Labute approximate surface area is 195 Å². The van der Waals surface area contributed by atoms with E-state index in [1.54, 1.807) is 13.8 Å². The van der Waals surface area contributed by atoms with Gasteiger partial charge in [0.1, 0.15) is 11.5 Å². The van der Waals surface area contributed by atoms with Crippen molar-refractivity contribution in [3.63, 3.8) is 0 Å². The molecule has 0 aliphatic heterocycles. The van der Waals surface area contributed by atoms with E-state index in [2.05, 4.69) is 25.3 Å². The first kappa shape index (κ1) is 25.1. The number of halogens is 3. The van der Waals surface area contributed by atoms with Crippen LogP contribution in [-0.2, 0) is 6.42 Å². The number of rotatable bonds is 10. The molecule has 0 fully saturated rings. The Balaban J connectivity index is 1.91. The molecule has 34 heavy (non-hydrogen) atoms. The zero-order chi connectivity index (χ0) is 24.7. The molecule has 3 aromatic rings. The highest BCUT2D eigenvalue weighted by atomic mass is 19.3. The van der Waals surface area contributed by atoms with Crippen LogP contribution in [0.2, 0.25) is 0 Å². The molecule has 0 unspecified atom stereocenters. The van der Waals surface area contributed by atoms with E-state index in [0.717, 1.165) is 0 Å². The maximum Gasteiger partial charge on any atom is 0.316 e. The van der Waals surface area contributed by atoms with Gasteiger partial charge in [-0.3, -0.25) is 14.8 Å². The van der Waals surface area contributed by atoms with Crippen molar-refractivity contribution in [2.24, 2.45) is 5.92 Å². The minimum Gasteiger partial charge on any atom is -0.467 e. The molecule has 3 aromatic heterocycles. The molecule has 3 heterocycles. The van der Waals surface area contributed by atoms with Crippen LogP contribution in [0.1, 0.15) is 49.2 Å². The molecule has 0 atom stereocenters. The molecule has 1 N–H and O–H groups in total. The van der Waals surface area contributed by atoms with Crippen molar-refractivity contribution in [3.8, 4) is 17.3 Å². The molecule has 3 rings (SSSR count). The van der Waals surface area contributed by atoms with E-state index in [9.17, 15) is 18.0 Å². The third kappa shape index (κ3) is 6.49. The van der Waals surface area contributed by atoms with Crippen molar-refractivity contribution < 1.29 is 22.7 Å². The Morgan fingerprint density at radius 2 is 1.85 bits per heavy atom. The Hall–Kier alpha value is -3.56. The fourth-order valence-electron chi connectivity index (χ4n) is 3.55. The molecular formula is C24H26F3N5O2. The molecule has 1 amide bonds. The van der Waals surface area contributed by atoms with Gasteiger partial charge in [0.15, 0.2) is 0 Å². The number of alkyl halides is 2. The van der Waals surface area contributed by atoms with Crippen molar-refractivity contribution in [1.29, 1.82) is 0 Å². The average Bonchev–Trinajstić information content (AvgIpc) is 2.79. The molecule has 0 bridgehead atoms. The lowest BCUT2D eigenvalue weighted by atomic mass is 9.98. The number of carbonyl (C=O) groups excluding carboxylic acids is 1. The third-order valence-electron chi connectivity index (χ3n) is 5.02. The number of aromatic nitrogens is 4. The third-order valence-corrected chi connectivity index (χ3v) is 5.02. The van der Waals surface area contributed by atoms with Crippen molar-refractivity contribution >= 4 is 11.6 Å². The number of anilines is 1. The fourth-order valence-corrected chi connectivity index (χ4v) is 3.55. The highest BCUT2D eigenvalue weighted by Crippen LogP contribution is 2.33. The molecule has 0 aliphatic carbocycles. The summed E-state index contributed by atoms with van der Waals surface area (Å²) in [6, 6.07) is 4.31. The lowest BCUT2D eigenvalue weighted by Crippen LogP contribution is -2.19. The standard InChI is InChI=1S/C24H26F3N5O2/c1-15(2)12-24(26,27)9-4-7-19-21(32-22(33)16-13-30-23(34-3)31-14-16)17(8-11-28-19)20-18(25)6-5-10-29-20/h5-6,8,10-11,13-15H,4,7,9,12H2,1-3H3,(H,32,33). The number of nitrogens with one attached hydrogen (secondary N) is 1. The van der Waals surface area contributed by atoms with E-state index in [-0.39, 0.29) is 54.6 Å². The fraction of sp³-hybridized carbons (Fsp3) is 0.375. The molecule has 0 saturated carbocycles. The predicted octanol–water partition coefficient (Wildman–Crippen LogP) is 5.34. The molecule has 0 spiro atoms.